The Bertz CT molecular complexity index is 1320. The Balaban J connectivity index is 1.16. The molecule has 4 heterocycles. The molecular formula is C25H22N6S. The van der Waals surface area contributed by atoms with Crippen LogP contribution in [0.4, 0.5) is 5.13 Å². The number of rotatable bonds is 5. The maximum absolute atomic E-state index is 4.75. The highest BCUT2D eigenvalue weighted by atomic mass is 32.1. The second kappa shape index (κ2) is 8.09. The quantitative estimate of drug-likeness (QED) is 0.425. The van der Waals surface area contributed by atoms with Crippen LogP contribution in [0.25, 0.3) is 17.1 Å². The van der Waals surface area contributed by atoms with Gasteiger partial charge >= 0.3 is 0 Å². The van der Waals surface area contributed by atoms with Gasteiger partial charge in [-0.2, -0.15) is 5.10 Å². The van der Waals surface area contributed by atoms with E-state index in [2.05, 4.69) is 62.4 Å². The minimum Gasteiger partial charge on any atom is -0.345 e. The summed E-state index contributed by atoms with van der Waals surface area (Å²) in [5.41, 5.74) is 6.27. The largest absolute Gasteiger partial charge is 0.345 e. The lowest BCUT2D eigenvalue weighted by molar-refractivity contribution is 0.729. The van der Waals surface area contributed by atoms with Crippen LogP contribution in [-0.2, 0) is 19.4 Å². The van der Waals surface area contributed by atoms with Crippen molar-refractivity contribution in [2.24, 2.45) is 0 Å². The Morgan fingerprint density at radius 2 is 1.94 bits per heavy atom. The van der Waals surface area contributed by atoms with Gasteiger partial charge in [-0.1, -0.05) is 24.3 Å². The lowest BCUT2D eigenvalue weighted by Gasteiger charge is -2.28. The van der Waals surface area contributed by atoms with Gasteiger partial charge < -0.3 is 9.88 Å². The van der Waals surface area contributed by atoms with E-state index in [1.54, 1.807) is 23.7 Å². The van der Waals surface area contributed by atoms with E-state index >= 15 is 0 Å². The first-order chi connectivity index (χ1) is 15.8. The summed E-state index contributed by atoms with van der Waals surface area (Å²) in [6.07, 6.45) is 11.4. The van der Waals surface area contributed by atoms with Gasteiger partial charge in [0.25, 0.3) is 0 Å². The monoisotopic (exact) mass is 438 g/mol. The Hall–Kier alpha value is -3.71. The van der Waals surface area contributed by atoms with Gasteiger partial charge in [0, 0.05) is 60.9 Å². The molecule has 2 aromatic carbocycles. The number of fused-ring (bicyclic) bond motifs is 1. The fraction of sp³-hybridized carbons (Fsp3) is 0.160. The summed E-state index contributed by atoms with van der Waals surface area (Å²) in [4.78, 5) is 16.0. The molecule has 6 nitrogen and oxygen atoms in total. The van der Waals surface area contributed by atoms with Crippen molar-refractivity contribution in [3.8, 4) is 17.1 Å². The summed E-state index contributed by atoms with van der Waals surface area (Å²) in [6, 6.07) is 17.2. The van der Waals surface area contributed by atoms with E-state index in [-0.39, 0.29) is 0 Å². The molecule has 0 bridgehead atoms. The van der Waals surface area contributed by atoms with E-state index in [0.717, 1.165) is 48.1 Å². The molecule has 0 spiro atoms. The average Bonchev–Trinajstić information content (AvgIpc) is 3.62. The average molecular weight is 439 g/mol. The smallest absolute Gasteiger partial charge is 0.185 e. The summed E-state index contributed by atoms with van der Waals surface area (Å²) in [7, 11) is 0. The molecule has 32 heavy (non-hydrogen) atoms. The van der Waals surface area contributed by atoms with Crippen molar-refractivity contribution in [3.63, 3.8) is 0 Å². The SMILES string of the molecule is c1cnn(-c2ccc(Cc3cnc(N4CCc5ccc(-c6ncc[nH]6)cc5C4)s3)cc2)c1. The molecule has 0 unspecified atom stereocenters. The number of hydrogen-bond acceptors (Lipinski definition) is 5. The van der Waals surface area contributed by atoms with E-state index in [9.17, 15) is 0 Å². The zero-order valence-electron chi connectivity index (χ0n) is 17.5. The second-order valence-electron chi connectivity index (χ2n) is 8.00. The maximum atomic E-state index is 4.75. The predicted molar refractivity (Wildman–Crippen MR) is 127 cm³/mol. The van der Waals surface area contributed by atoms with Gasteiger partial charge in [-0.3, -0.25) is 0 Å². The van der Waals surface area contributed by atoms with Crippen LogP contribution in [-0.4, -0.2) is 31.3 Å². The highest BCUT2D eigenvalue weighted by Crippen LogP contribution is 2.31. The molecule has 3 aromatic heterocycles. The standard InChI is InChI=1S/C25H22N6S/c1-9-29-31(12-1)22-6-2-18(3-7-22)14-23-16-28-25(32-23)30-13-8-19-4-5-20(15-21(19)17-30)24-26-10-11-27-24/h1-7,9-12,15-16H,8,13-14,17H2,(H,26,27). The van der Waals surface area contributed by atoms with Gasteiger partial charge in [0.15, 0.2) is 5.13 Å². The number of aromatic amines is 1. The first-order valence-electron chi connectivity index (χ1n) is 10.7. The van der Waals surface area contributed by atoms with Crippen molar-refractivity contribution in [3.05, 3.63) is 101 Å². The third-order valence-electron chi connectivity index (χ3n) is 5.89. The number of nitrogens with one attached hydrogen (secondary N) is 1. The molecule has 0 fully saturated rings. The van der Waals surface area contributed by atoms with Gasteiger partial charge in [0.1, 0.15) is 5.82 Å². The van der Waals surface area contributed by atoms with E-state index in [1.807, 2.05) is 29.3 Å². The molecule has 7 heteroatoms. The summed E-state index contributed by atoms with van der Waals surface area (Å²) >= 11 is 1.79. The number of thiazole rings is 1. The lowest BCUT2D eigenvalue weighted by atomic mass is 9.97. The molecule has 1 aliphatic heterocycles. The first kappa shape index (κ1) is 19.0. The fourth-order valence-electron chi connectivity index (χ4n) is 4.21. The Labute approximate surface area is 190 Å². The molecule has 0 aliphatic carbocycles. The van der Waals surface area contributed by atoms with Gasteiger partial charge in [-0.05, 0) is 47.4 Å². The highest BCUT2D eigenvalue weighted by Gasteiger charge is 2.20. The molecular weight excluding hydrogens is 416 g/mol. The van der Waals surface area contributed by atoms with Crippen LogP contribution >= 0.6 is 11.3 Å². The third kappa shape index (κ3) is 3.71. The number of anilines is 1. The van der Waals surface area contributed by atoms with Crippen molar-refractivity contribution in [1.29, 1.82) is 0 Å². The number of imidazole rings is 1. The lowest BCUT2D eigenvalue weighted by Crippen LogP contribution is -2.30. The summed E-state index contributed by atoms with van der Waals surface area (Å²) < 4.78 is 1.88. The molecule has 5 aromatic rings. The molecule has 6 rings (SSSR count). The van der Waals surface area contributed by atoms with Crippen LogP contribution in [0.1, 0.15) is 21.6 Å². The van der Waals surface area contributed by atoms with Crippen molar-refractivity contribution < 1.29 is 0 Å². The van der Waals surface area contributed by atoms with E-state index in [1.165, 1.54) is 21.6 Å². The van der Waals surface area contributed by atoms with Gasteiger partial charge in [0.05, 0.1) is 5.69 Å². The normalized spacial score (nSPS) is 13.3. The molecule has 0 saturated heterocycles. The molecule has 0 atom stereocenters. The zero-order chi connectivity index (χ0) is 21.3. The number of hydrogen-bond donors (Lipinski definition) is 1. The van der Waals surface area contributed by atoms with E-state index < -0.39 is 0 Å². The number of nitrogens with zero attached hydrogens (tertiary/aromatic N) is 5. The van der Waals surface area contributed by atoms with Crippen LogP contribution in [0.2, 0.25) is 0 Å². The van der Waals surface area contributed by atoms with E-state index in [4.69, 9.17) is 4.98 Å². The summed E-state index contributed by atoms with van der Waals surface area (Å²) in [5, 5.41) is 5.39. The zero-order valence-corrected chi connectivity index (χ0v) is 18.3. The van der Waals surface area contributed by atoms with Crippen molar-refractivity contribution >= 4 is 16.5 Å². The second-order valence-corrected chi connectivity index (χ2v) is 9.09. The van der Waals surface area contributed by atoms with Gasteiger partial charge in [0.2, 0.25) is 0 Å². The predicted octanol–water partition coefficient (Wildman–Crippen LogP) is 4.87. The van der Waals surface area contributed by atoms with Crippen LogP contribution < -0.4 is 4.90 Å². The third-order valence-corrected chi connectivity index (χ3v) is 6.94. The first-order valence-corrected chi connectivity index (χ1v) is 11.5. The molecule has 1 N–H and O–H groups in total. The van der Waals surface area contributed by atoms with Crippen molar-refractivity contribution in [2.75, 3.05) is 11.4 Å². The molecule has 0 saturated carbocycles. The maximum Gasteiger partial charge on any atom is 0.185 e. The number of H-pyrrole nitrogens is 1. The number of aromatic nitrogens is 5. The topological polar surface area (TPSA) is 62.6 Å². The molecule has 1 aliphatic rings. The van der Waals surface area contributed by atoms with Gasteiger partial charge in [-0.15, -0.1) is 11.3 Å². The Morgan fingerprint density at radius 3 is 2.75 bits per heavy atom. The minimum atomic E-state index is 0.884. The summed E-state index contributed by atoms with van der Waals surface area (Å²) in [5.74, 6) is 0.917. The summed E-state index contributed by atoms with van der Waals surface area (Å²) in [6.45, 7) is 1.88. The van der Waals surface area contributed by atoms with Crippen molar-refractivity contribution in [2.45, 2.75) is 19.4 Å². The van der Waals surface area contributed by atoms with Gasteiger partial charge in [-0.25, -0.2) is 14.6 Å². The fourth-order valence-corrected chi connectivity index (χ4v) is 5.17. The Kier molecular flexibility index (Phi) is 4.81. The van der Waals surface area contributed by atoms with Crippen LogP contribution in [0.15, 0.2) is 79.5 Å². The highest BCUT2D eigenvalue weighted by molar-refractivity contribution is 7.15. The molecule has 0 amide bonds. The minimum absolute atomic E-state index is 0.884. The number of benzene rings is 2. The van der Waals surface area contributed by atoms with Crippen LogP contribution in [0, 0.1) is 0 Å². The van der Waals surface area contributed by atoms with Crippen molar-refractivity contribution in [1.82, 2.24) is 24.7 Å². The van der Waals surface area contributed by atoms with Crippen LogP contribution in [0.5, 0.6) is 0 Å². The van der Waals surface area contributed by atoms with Crippen LogP contribution in [0.3, 0.4) is 0 Å². The van der Waals surface area contributed by atoms with E-state index in [0.29, 0.717) is 0 Å². The molecule has 0 radical (unpaired) electrons. The Morgan fingerprint density at radius 1 is 1.00 bits per heavy atom. The molecule has 158 valence electrons.